The quantitative estimate of drug-likeness (QED) is 0.826. The van der Waals surface area contributed by atoms with Crippen LogP contribution < -0.4 is 0 Å². The molecular weight excluding hydrogens is 322 g/mol. The molecule has 0 saturated carbocycles. The molecule has 0 spiro atoms. The molecule has 0 aromatic heterocycles. The summed E-state index contributed by atoms with van der Waals surface area (Å²) in [5.41, 5.74) is 3.96. The van der Waals surface area contributed by atoms with Crippen LogP contribution in [-0.4, -0.2) is 28.5 Å². The number of phenols is 1. The summed E-state index contributed by atoms with van der Waals surface area (Å²) in [5.74, 6) is 0.474. The Morgan fingerprint density at radius 1 is 1.12 bits per heavy atom. The third-order valence-electron chi connectivity index (χ3n) is 7.26. The lowest BCUT2D eigenvalue weighted by Gasteiger charge is -2.60. The Kier molecular flexibility index (Phi) is 3.69. The summed E-state index contributed by atoms with van der Waals surface area (Å²) in [6, 6.07) is 13.8. The number of nitrogens with zero attached hydrogens (tertiary/aromatic N) is 1. The zero-order chi connectivity index (χ0) is 18.7. The van der Waals surface area contributed by atoms with E-state index in [4.69, 9.17) is 0 Å². The molecule has 136 valence electrons. The van der Waals surface area contributed by atoms with E-state index in [-0.39, 0.29) is 22.8 Å². The van der Waals surface area contributed by atoms with Crippen LogP contribution in [0.2, 0.25) is 0 Å². The Morgan fingerprint density at radius 2 is 1.85 bits per heavy atom. The Morgan fingerprint density at radius 3 is 2.58 bits per heavy atom. The second-order valence-electron chi connectivity index (χ2n) is 8.64. The van der Waals surface area contributed by atoms with Crippen molar-refractivity contribution in [2.45, 2.75) is 52.0 Å². The summed E-state index contributed by atoms with van der Waals surface area (Å²) in [6.45, 7) is 9.61. The van der Waals surface area contributed by atoms with E-state index in [1.54, 1.807) is 6.07 Å². The topological polar surface area (TPSA) is 40.5 Å². The Labute approximate surface area is 155 Å². The third kappa shape index (κ3) is 2.16. The summed E-state index contributed by atoms with van der Waals surface area (Å²) in [5, 5.41) is 10.5. The van der Waals surface area contributed by atoms with Gasteiger partial charge in [-0.15, -0.1) is 0 Å². The van der Waals surface area contributed by atoms with Gasteiger partial charge in [-0.25, -0.2) is 0 Å². The molecule has 2 atom stereocenters. The molecule has 3 nitrogen and oxygen atoms in total. The predicted molar refractivity (Wildman–Crippen MR) is 104 cm³/mol. The SMILES string of the molecule is Cc1ccccc1C(=O)N1CC[C@]2(C)c3cccc(O)c3C[C@@H]1C2(C)C. The van der Waals surface area contributed by atoms with E-state index in [2.05, 4.69) is 31.7 Å². The van der Waals surface area contributed by atoms with Crippen molar-refractivity contribution in [2.24, 2.45) is 5.41 Å². The molecule has 3 heteroatoms. The Bertz CT molecular complexity index is 886. The molecular formula is C23H27NO2. The van der Waals surface area contributed by atoms with Gasteiger partial charge in [-0.2, -0.15) is 0 Å². The molecule has 1 saturated heterocycles. The first-order valence-corrected chi connectivity index (χ1v) is 9.45. The summed E-state index contributed by atoms with van der Waals surface area (Å²) in [6.07, 6.45) is 1.62. The van der Waals surface area contributed by atoms with E-state index < -0.39 is 0 Å². The van der Waals surface area contributed by atoms with E-state index in [9.17, 15) is 9.90 Å². The number of hydrogen-bond donors (Lipinski definition) is 1. The largest absolute Gasteiger partial charge is 0.508 e. The summed E-state index contributed by atoms with van der Waals surface area (Å²) >= 11 is 0. The van der Waals surface area contributed by atoms with E-state index in [0.29, 0.717) is 12.2 Å². The molecule has 2 aromatic carbocycles. The average Bonchev–Trinajstić information content (AvgIpc) is 2.59. The molecule has 1 heterocycles. The monoisotopic (exact) mass is 349 g/mol. The first-order valence-electron chi connectivity index (χ1n) is 9.45. The third-order valence-corrected chi connectivity index (χ3v) is 7.26. The number of aromatic hydroxyl groups is 1. The fraction of sp³-hybridized carbons (Fsp3) is 0.435. The van der Waals surface area contributed by atoms with Gasteiger partial charge < -0.3 is 10.0 Å². The van der Waals surface area contributed by atoms with Crippen molar-refractivity contribution in [3.8, 4) is 5.75 Å². The van der Waals surface area contributed by atoms with Crippen molar-refractivity contribution >= 4 is 5.91 Å². The minimum atomic E-state index is -0.0651. The zero-order valence-corrected chi connectivity index (χ0v) is 16.0. The molecule has 1 fully saturated rings. The van der Waals surface area contributed by atoms with Gasteiger partial charge in [0.2, 0.25) is 0 Å². The van der Waals surface area contributed by atoms with Gasteiger partial charge in [-0.05, 0) is 54.0 Å². The standard InChI is InChI=1S/C23H27NO2/c1-15-8-5-6-9-16(15)21(26)24-13-12-23(4)18-10-7-11-19(25)17(18)14-20(24)22(23,2)3/h5-11,20,25H,12-14H2,1-4H3/t20-,23-/m1/s1. The van der Waals surface area contributed by atoms with Crippen LogP contribution in [-0.2, 0) is 11.8 Å². The number of rotatable bonds is 1. The number of piperidine rings is 1. The first-order chi connectivity index (χ1) is 12.3. The van der Waals surface area contributed by atoms with E-state index in [1.165, 1.54) is 5.56 Å². The average molecular weight is 349 g/mol. The lowest BCUT2D eigenvalue weighted by Crippen LogP contribution is -2.64. The normalized spacial score (nSPS) is 26.3. The van der Waals surface area contributed by atoms with Gasteiger partial charge in [0.1, 0.15) is 5.75 Å². The number of fused-ring (bicyclic) bond motifs is 4. The number of aryl methyl sites for hydroxylation is 1. The highest BCUT2D eigenvalue weighted by Crippen LogP contribution is 2.57. The van der Waals surface area contributed by atoms with Gasteiger partial charge in [-0.1, -0.05) is 51.1 Å². The number of hydrogen-bond acceptors (Lipinski definition) is 2. The van der Waals surface area contributed by atoms with Crippen molar-refractivity contribution in [3.63, 3.8) is 0 Å². The van der Waals surface area contributed by atoms with E-state index >= 15 is 0 Å². The van der Waals surface area contributed by atoms with Crippen LogP contribution >= 0.6 is 0 Å². The number of amides is 1. The number of carbonyl (C=O) groups is 1. The molecule has 0 unspecified atom stereocenters. The summed E-state index contributed by atoms with van der Waals surface area (Å²) in [4.78, 5) is 15.4. The maximum atomic E-state index is 13.4. The highest BCUT2D eigenvalue weighted by Gasteiger charge is 2.57. The zero-order valence-electron chi connectivity index (χ0n) is 16.0. The van der Waals surface area contributed by atoms with Gasteiger partial charge >= 0.3 is 0 Å². The Hall–Kier alpha value is -2.29. The van der Waals surface area contributed by atoms with Crippen LogP contribution in [0.15, 0.2) is 42.5 Å². The number of benzene rings is 2. The molecule has 1 N–H and O–H groups in total. The van der Waals surface area contributed by atoms with E-state index in [1.807, 2.05) is 37.3 Å². The fourth-order valence-electron chi connectivity index (χ4n) is 5.14. The molecule has 26 heavy (non-hydrogen) atoms. The van der Waals surface area contributed by atoms with Crippen molar-refractivity contribution < 1.29 is 9.90 Å². The van der Waals surface area contributed by atoms with E-state index in [0.717, 1.165) is 29.7 Å². The van der Waals surface area contributed by atoms with Crippen molar-refractivity contribution in [2.75, 3.05) is 6.54 Å². The highest BCUT2D eigenvalue weighted by molar-refractivity contribution is 5.96. The second-order valence-corrected chi connectivity index (χ2v) is 8.64. The van der Waals surface area contributed by atoms with Crippen LogP contribution in [0, 0.1) is 12.3 Å². The van der Waals surface area contributed by atoms with Crippen LogP contribution in [0.5, 0.6) is 5.75 Å². The van der Waals surface area contributed by atoms with Crippen LogP contribution in [0.4, 0.5) is 0 Å². The highest BCUT2D eigenvalue weighted by atomic mass is 16.3. The molecule has 4 rings (SSSR count). The number of phenolic OH excluding ortho intramolecular Hbond substituents is 1. The van der Waals surface area contributed by atoms with Crippen LogP contribution in [0.3, 0.4) is 0 Å². The predicted octanol–water partition coefficient (Wildman–Crippen LogP) is 4.46. The number of carbonyl (C=O) groups excluding carboxylic acids is 1. The second kappa shape index (κ2) is 5.60. The van der Waals surface area contributed by atoms with Gasteiger partial charge in [0.05, 0.1) is 0 Å². The van der Waals surface area contributed by atoms with Crippen molar-refractivity contribution in [1.29, 1.82) is 0 Å². The van der Waals surface area contributed by atoms with Gasteiger partial charge in [-0.3, -0.25) is 4.79 Å². The van der Waals surface area contributed by atoms with Crippen molar-refractivity contribution in [1.82, 2.24) is 4.90 Å². The van der Waals surface area contributed by atoms with Gasteiger partial charge in [0.25, 0.3) is 5.91 Å². The maximum absolute atomic E-state index is 13.4. The summed E-state index contributed by atoms with van der Waals surface area (Å²) in [7, 11) is 0. The molecule has 2 bridgehead atoms. The van der Waals surface area contributed by atoms with Gasteiger partial charge in [0, 0.05) is 23.6 Å². The fourth-order valence-corrected chi connectivity index (χ4v) is 5.14. The maximum Gasteiger partial charge on any atom is 0.254 e. The smallest absolute Gasteiger partial charge is 0.254 e. The molecule has 1 aliphatic carbocycles. The minimum absolute atomic E-state index is 0.0491. The lowest BCUT2D eigenvalue weighted by atomic mass is 9.51. The molecule has 0 radical (unpaired) electrons. The molecule has 2 aromatic rings. The first kappa shape index (κ1) is 17.1. The summed E-state index contributed by atoms with van der Waals surface area (Å²) < 4.78 is 0. The van der Waals surface area contributed by atoms with Crippen molar-refractivity contribution in [3.05, 3.63) is 64.7 Å². The molecule has 1 aliphatic heterocycles. The lowest BCUT2D eigenvalue weighted by molar-refractivity contribution is -0.0266. The number of likely N-dealkylation sites (tertiary alicyclic amines) is 1. The Balaban J connectivity index is 1.81. The molecule has 2 aliphatic rings. The van der Waals surface area contributed by atoms with Crippen LogP contribution in [0.1, 0.15) is 54.2 Å². The van der Waals surface area contributed by atoms with Gasteiger partial charge in [0.15, 0.2) is 0 Å². The van der Waals surface area contributed by atoms with Crippen LogP contribution in [0.25, 0.3) is 0 Å². The molecule has 1 amide bonds. The minimum Gasteiger partial charge on any atom is -0.508 e.